The minimum absolute atomic E-state index is 0.0360. The maximum atomic E-state index is 13.1. The molecule has 25 heavy (non-hydrogen) atoms. The van der Waals surface area contributed by atoms with Crippen molar-refractivity contribution in [1.29, 1.82) is 0 Å². The van der Waals surface area contributed by atoms with E-state index in [-0.39, 0.29) is 29.6 Å². The third-order valence-corrected chi connectivity index (χ3v) is 6.48. The molecule has 2 atom stereocenters. The lowest BCUT2D eigenvalue weighted by molar-refractivity contribution is -0.150. The van der Waals surface area contributed by atoms with Gasteiger partial charge in [0.25, 0.3) is 0 Å². The fourth-order valence-corrected chi connectivity index (χ4v) is 5.78. The fourth-order valence-electron chi connectivity index (χ4n) is 5.78. The fraction of sp³-hybridized carbons (Fsp3) is 0.842. The van der Waals surface area contributed by atoms with Gasteiger partial charge in [-0.15, -0.1) is 0 Å². The van der Waals surface area contributed by atoms with E-state index in [1.54, 1.807) is 13.8 Å². The first-order chi connectivity index (χ1) is 11.8. The molecule has 0 saturated heterocycles. The summed E-state index contributed by atoms with van der Waals surface area (Å²) in [6.07, 6.45) is 6.64. The lowest BCUT2D eigenvalue weighted by atomic mass is 9.49. The Morgan fingerprint density at radius 2 is 1.64 bits per heavy atom. The van der Waals surface area contributed by atoms with Crippen molar-refractivity contribution in [3.8, 4) is 0 Å². The summed E-state index contributed by atoms with van der Waals surface area (Å²) in [5.74, 6) is 0.587. The quantitative estimate of drug-likeness (QED) is 0.684. The maximum absolute atomic E-state index is 13.1. The van der Waals surface area contributed by atoms with Gasteiger partial charge in [0.15, 0.2) is 0 Å². The molecular weight excluding hydrogens is 320 g/mol. The second-order valence-electron chi connectivity index (χ2n) is 8.54. The van der Waals surface area contributed by atoms with Gasteiger partial charge in [0.05, 0.1) is 13.0 Å². The predicted molar refractivity (Wildman–Crippen MR) is 92.1 cm³/mol. The molecular formula is C19H30N2O4. The van der Waals surface area contributed by atoms with Gasteiger partial charge in [-0.1, -0.05) is 6.92 Å². The topological polar surface area (TPSA) is 98.5 Å². The molecule has 4 aliphatic rings. The van der Waals surface area contributed by atoms with Crippen LogP contribution in [0.3, 0.4) is 0 Å². The normalized spacial score (nSPS) is 35.0. The largest absolute Gasteiger partial charge is 0.466 e. The number of nitrogens with one attached hydrogen (secondary N) is 1. The zero-order valence-corrected chi connectivity index (χ0v) is 15.3. The van der Waals surface area contributed by atoms with Gasteiger partial charge in [-0.3, -0.25) is 14.4 Å². The molecule has 0 heterocycles. The number of amides is 2. The van der Waals surface area contributed by atoms with Gasteiger partial charge in [-0.2, -0.15) is 0 Å². The van der Waals surface area contributed by atoms with E-state index in [0.717, 1.165) is 19.3 Å². The van der Waals surface area contributed by atoms with Gasteiger partial charge in [-0.25, -0.2) is 0 Å². The van der Waals surface area contributed by atoms with Crippen molar-refractivity contribution in [2.75, 3.05) is 6.61 Å². The van der Waals surface area contributed by atoms with E-state index in [2.05, 4.69) is 5.32 Å². The van der Waals surface area contributed by atoms with Crippen LogP contribution in [0.2, 0.25) is 0 Å². The van der Waals surface area contributed by atoms with E-state index < -0.39 is 11.9 Å². The van der Waals surface area contributed by atoms with E-state index in [1.807, 2.05) is 0 Å². The zero-order valence-electron chi connectivity index (χ0n) is 15.3. The first-order valence-corrected chi connectivity index (χ1v) is 9.59. The molecule has 0 aromatic rings. The predicted octanol–water partition coefficient (Wildman–Crippen LogP) is 1.76. The number of carbonyl (C=O) groups is 3. The number of nitrogens with two attached hydrogens (primary N) is 1. The van der Waals surface area contributed by atoms with Gasteiger partial charge >= 0.3 is 5.97 Å². The summed E-state index contributed by atoms with van der Waals surface area (Å²) in [5.41, 5.74) is 5.19. The van der Waals surface area contributed by atoms with E-state index >= 15 is 0 Å². The molecule has 0 spiro atoms. The molecule has 4 bridgehead atoms. The van der Waals surface area contributed by atoms with Crippen LogP contribution in [0.5, 0.6) is 0 Å². The summed E-state index contributed by atoms with van der Waals surface area (Å²) < 4.78 is 4.94. The molecule has 4 fully saturated rings. The van der Waals surface area contributed by atoms with Crippen LogP contribution in [0.1, 0.15) is 58.8 Å². The van der Waals surface area contributed by atoms with Crippen LogP contribution < -0.4 is 11.1 Å². The summed E-state index contributed by atoms with van der Waals surface area (Å²) in [5, 5.41) is 2.90. The first kappa shape index (κ1) is 18.2. The Labute approximate surface area is 149 Å². The number of hydrogen-bond acceptors (Lipinski definition) is 4. The molecule has 140 valence electrons. The molecule has 4 saturated carbocycles. The van der Waals surface area contributed by atoms with Crippen LogP contribution in [0.25, 0.3) is 0 Å². The average Bonchev–Trinajstić information content (AvgIpc) is 2.50. The first-order valence-electron chi connectivity index (χ1n) is 9.59. The van der Waals surface area contributed by atoms with E-state index in [0.29, 0.717) is 24.4 Å². The number of rotatable bonds is 7. The van der Waals surface area contributed by atoms with Crippen LogP contribution in [-0.2, 0) is 19.1 Å². The Morgan fingerprint density at radius 3 is 2.08 bits per heavy atom. The SMILES string of the molecule is CCOC(=O)C[C@H](C)[C@@H](NC(=O)C12CC3CC(CC(C3)C1)C2)C(N)=O. The number of ether oxygens (including phenoxy) is 1. The standard InChI is InChI=1S/C19H30N2O4/c1-3-25-15(22)4-11(2)16(17(20)23)21-18(24)19-8-12-5-13(9-19)7-14(6-12)10-19/h11-14,16H,3-10H2,1-2H3,(H2,20,23)(H,21,24)/t11-,12?,13?,14?,16+,19?/m0/s1. The van der Waals surface area contributed by atoms with Crippen LogP contribution in [0.4, 0.5) is 0 Å². The summed E-state index contributed by atoms with van der Waals surface area (Å²) >= 11 is 0. The smallest absolute Gasteiger partial charge is 0.306 e. The molecule has 0 unspecified atom stereocenters. The Balaban J connectivity index is 1.67. The molecule has 2 amide bonds. The van der Waals surface area contributed by atoms with Crippen LogP contribution in [-0.4, -0.2) is 30.4 Å². The Bertz CT molecular complexity index is 524. The number of hydrogen-bond donors (Lipinski definition) is 2. The van der Waals surface area contributed by atoms with Crippen LogP contribution >= 0.6 is 0 Å². The van der Waals surface area contributed by atoms with Crippen LogP contribution in [0.15, 0.2) is 0 Å². The molecule has 0 aromatic carbocycles. The highest BCUT2D eigenvalue weighted by molar-refractivity contribution is 5.90. The molecule has 0 radical (unpaired) electrons. The summed E-state index contributed by atoms with van der Waals surface area (Å²) in [7, 11) is 0. The highest BCUT2D eigenvalue weighted by atomic mass is 16.5. The van der Waals surface area contributed by atoms with Crippen molar-refractivity contribution in [1.82, 2.24) is 5.32 Å². The minimum Gasteiger partial charge on any atom is -0.466 e. The number of primary amides is 1. The summed E-state index contributed by atoms with van der Waals surface area (Å²) in [4.78, 5) is 36.7. The highest BCUT2D eigenvalue weighted by Crippen LogP contribution is 2.60. The van der Waals surface area contributed by atoms with Gasteiger partial charge in [0, 0.05) is 5.41 Å². The Morgan fingerprint density at radius 1 is 1.12 bits per heavy atom. The molecule has 6 nitrogen and oxygen atoms in total. The monoisotopic (exact) mass is 350 g/mol. The number of esters is 1. The lowest BCUT2D eigenvalue weighted by Crippen LogP contribution is -2.58. The van der Waals surface area contributed by atoms with E-state index in [1.165, 1.54) is 19.3 Å². The van der Waals surface area contributed by atoms with Gasteiger partial charge in [0.1, 0.15) is 6.04 Å². The minimum atomic E-state index is -0.829. The van der Waals surface area contributed by atoms with Gasteiger partial charge in [0.2, 0.25) is 11.8 Å². The van der Waals surface area contributed by atoms with Crippen molar-refractivity contribution in [2.45, 2.75) is 64.8 Å². The van der Waals surface area contributed by atoms with Gasteiger partial charge < -0.3 is 15.8 Å². The molecule has 3 N–H and O–H groups in total. The van der Waals surface area contributed by atoms with Gasteiger partial charge in [-0.05, 0) is 69.1 Å². The number of carbonyl (C=O) groups excluding carboxylic acids is 3. The Hall–Kier alpha value is -1.59. The van der Waals surface area contributed by atoms with E-state index in [9.17, 15) is 14.4 Å². The third kappa shape index (κ3) is 3.67. The van der Waals surface area contributed by atoms with Crippen LogP contribution in [0, 0.1) is 29.1 Å². The Kier molecular flexibility index (Phi) is 5.07. The van der Waals surface area contributed by atoms with Crippen molar-refractivity contribution < 1.29 is 19.1 Å². The van der Waals surface area contributed by atoms with Crippen molar-refractivity contribution >= 4 is 17.8 Å². The molecule has 4 aliphatic carbocycles. The average molecular weight is 350 g/mol. The second-order valence-corrected chi connectivity index (χ2v) is 8.54. The molecule has 4 rings (SSSR count). The van der Waals surface area contributed by atoms with E-state index in [4.69, 9.17) is 10.5 Å². The van der Waals surface area contributed by atoms with Crippen molar-refractivity contribution in [3.05, 3.63) is 0 Å². The summed E-state index contributed by atoms with van der Waals surface area (Å²) in [6, 6.07) is -0.829. The highest BCUT2D eigenvalue weighted by Gasteiger charge is 2.55. The molecule has 0 aromatic heterocycles. The zero-order chi connectivity index (χ0) is 18.2. The van der Waals surface area contributed by atoms with Crippen molar-refractivity contribution in [2.24, 2.45) is 34.8 Å². The lowest BCUT2D eigenvalue weighted by Gasteiger charge is -2.55. The summed E-state index contributed by atoms with van der Waals surface area (Å²) in [6.45, 7) is 3.79. The second kappa shape index (κ2) is 6.96. The third-order valence-electron chi connectivity index (χ3n) is 6.48. The maximum Gasteiger partial charge on any atom is 0.306 e. The molecule has 6 heteroatoms. The van der Waals surface area contributed by atoms with Crippen molar-refractivity contribution in [3.63, 3.8) is 0 Å². The molecule has 0 aliphatic heterocycles.